The third-order valence-corrected chi connectivity index (χ3v) is 5.87. The van der Waals surface area contributed by atoms with Gasteiger partial charge < -0.3 is 29.6 Å². The number of anilines is 1. The summed E-state index contributed by atoms with van der Waals surface area (Å²) in [6, 6.07) is 3.49. The van der Waals surface area contributed by atoms with Gasteiger partial charge in [-0.05, 0) is 23.8 Å². The zero-order valence-corrected chi connectivity index (χ0v) is 19.9. The molecular weight excluding hydrogens is 448 g/mol. The van der Waals surface area contributed by atoms with Crippen LogP contribution in [0.4, 0.5) is 5.82 Å². The first kappa shape index (κ1) is 24.5. The minimum atomic E-state index is -0.343. The van der Waals surface area contributed by atoms with Gasteiger partial charge in [0.25, 0.3) is 0 Å². The molecule has 2 aromatic rings. The molecule has 0 atom stereocenters. The van der Waals surface area contributed by atoms with Crippen molar-refractivity contribution < 1.29 is 28.5 Å². The third kappa shape index (κ3) is 5.99. The van der Waals surface area contributed by atoms with E-state index >= 15 is 0 Å². The van der Waals surface area contributed by atoms with Crippen molar-refractivity contribution in [1.29, 1.82) is 0 Å². The van der Waals surface area contributed by atoms with Gasteiger partial charge in [-0.1, -0.05) is 0 Å². The summed E-state index contributed by atoms with van der Waals surface area (Å²) in [7, 11) is 6.16. The third-order valence-electron chi connectivity index (χ3n) is 4.90. The number of methoxy groups -OCH3 is 4. The largest absolute Gasteiger partial charge is 0.493 e. The molecule has 2 heterocycles. The van der Waals surface area contributed by atoms with Gasteiger partial charge >= 0.3 is 0 Å². The maximum Gasteiger partial charge on any atom is 0.249 e. The number of thioether (sulfide) groups is 1. The first-order valence-corrected chi connectivity index (χ1v) is 11.4. The lowest BCUT2D eigenvalue weighted by Crippen LogP contribution is -2.31. The molecular formula is C22H28N4O6S. The Labute approximate surface area is 196 Å². The van der Waals surface area contributed by atoms with Crippen molar-refractivity contribution >= 4 is 35.5 Å². The van der Waals surface area contributed by atoms with Crippen molar-refractivity contribution in [3.05, 3.63) is 35.0 Å². The number of hydrogen-bond acceptors (Lipinski definition) is 8. The number of aromatic nitrogens is 2. The number of benzene rings is 1. The number of fused-ring (bicyclic) bond motifs is 1. The van der Waals surface area contributed by atoms with Crippen LogP contribution in [0.1, 0.15) is 16.8 Å². The summed E-state index contributed by atoms with van der Waals surface area (Å²) in [5.74, 6) is 2.92. The Bertz CT molecular complexity index is 1010. The monoisotopic (exact) mass is 476 g/mol. The van der Waals surface area contributed by atoms with E-state index in [0.29, 0.717) is 41.8 Å². The van der Waals surface area contributed by atoms with Crippen molar-refractivity contribution in [1.82, 2.24) is 15.1 Å². The van der Waals surface area contributed by atoms with E-state index < -0.39 is 0 Å². The van der Waals surface area contributed by atoms with Gasteiger partial charge in [0.2, 0.25) is 17.6 Å². The Morgan fingerprint density at radius 3 is 2.48 bits per heavy atom. The molecule has 1 aromatic carbocycles. The Kier molecular flexibility index (Phi) is 8.61. The molecule has 0 aliphatic carbocycles. The number of nitrogens with one attached hydrogen (secondary N) is 2. The normalized spacial score (nSPS) is 12.5. The van der Waals surface area contributed by atoms with Crippen LogP contribution < -0.4 is 24.8 Å². The summed E-state index contributed by atoms with van der Waals surface area (Å²) >= 11 is 1.72. The second kappa shape index (κ2) is 11.6. The average molecular weight is 477 g/mol. The summed E-state index contributed by atoms with van der Waals surface area (Å²) < 4.78 is 22.5. The summed E-state index contributed by atoms with van der Waals surface area (Å²) in [6.07, 6.45) is 3.05. The first-order valence-electron chi connectivity index (χ1n) is 10.2. The highest BCUT2D eigenvalue weighted by molar-refractivity contribution is 7.98. The maximum absolute atomic E-state index is 12.7. The van der Waals surface area contributed by atoms with Crippen molar-refractivity contribution in [3.8, 4) is 17.2 Å². The van der Waals surface area contributed by atoms with Crippen molar-refractivity contribution in [2.75, 3.05) is 46.9 Å². The van der Waals surface area contributed by atoms with E-state index in [9.17, 15) is 9.59 Å². The fourth-order valence-corrected chi connectivity index (χ4v) is 4.37. The van der Waals surface area contributed by atoms with Gasteiger partial charge in [-0.3, -0.25) is 9.59 Å². The van der Waals surface area contributed by atoms with E-state index in [4.69, 9.17) is 18.9 Å². The smallest absolute Gasteiger partial charge is 0.249 e. The molecule has 0 unspecified atom stereocenters. The fourth-order valence-electron chi connectivity index (χ4n) is 3.33. The van der Waals surface area contributed by atoms with E-state index in [2.05, 4.69) is 15.7 Å². The van der Waals surface area contributed by atoms with Crippen molar-refractivity contribution in [2.45, 2.75) is 18.1 Å². The van der Waals surface area contributed by atoms with Crippen LogP contribution >= 0.6 is 11.8 Å². The topological polar surface area (TPSA) is 113 Å². The highest BCUT2D eigenvalue weighted by Gasteiger charge is 2.24. The van der Waals surface area contributed by atoms with E-state index in [0.717, 1.165) is 22.8 Å². The molecule has 11 heteroatoms. The molecule has 0 fully saturated rings. The molecule has 0 radical (unpaired) electrons. The van der Waals surface area contributed by atoms with Crippen molar-refractivity contribution in [2.24, 2.45) is 0 Å². The zero-order chi connectivity index (χ0) is 23.8. The molecule has 0 spiro atoms. The molecule has 0 bridgehead atoms. The summed E-state index contributed by atoms with van der Waals surface area (Å²) in [6.45, 7) is 0.840. The molecule has 1 aliphatic heterocycles. The van der Waals surface area contributed by atoms with Gasteiger partial charge in [-0.2, -0.15) is 16.9 Å². The predicted molar refractivity (Wildman–Crippen MR) is 126 cm³/mol. The standard InChI is InChI=1S/C22H28N4O6S/c1-29-8-7-23-20(28)11-26-22(15-12-33-13-16(15)25-26)24-19(27)6-5-14-9-17(30-2)21(32-4)18(10-14)31-3/h5-6,9-10H,7-8,11-13H2,1-4H3,(H,23,28)(H,24,27)/b6-5-. The van der Waals surface area contributed by atoms with Gasteiger partial charge in [0.05, 0.1) is 33.6 Å². The van der Waals surface area contributed by atoms with Crippen LogP contribution in [0, 0.1) is 0 Å². The highest BCUT2D eigenvalue weighted by atomic mass is 32.2. The average Bonchev–Trinajstić information content (AvgIpc) is 3.39. The van der Waals surface area contributed by atoms with E-state index in [-0.39, 0.29) is 18.4 Å². The number of hydrogen-bond donors (Lipinski definition) is 2. The minimum Gasteiger partial charge on any atom is -0.493 e. The predicted octanol–water partition coefficient (Wildman–Crippen LogP) is 2.07. The van der Waals surface area contributed by atoms with Gasteiger partial charge in [0, 0.05) is 36.8 Å². The van der Waals surface area contributed by atoms with Gasteiger partial charge in [0.1, 0.15) is 12.4 Å². The minimum absolute atomic E-state index is 0.00753. The van der Waals surface area contributed by atoms with Crippen LogP contribution in [0.2, 0.25) is 0 Å². The second-order valence-electron chi connectivity index (χ2n) is 7.05. The highest BCUT2D eigenvalue weighted by Crippen LogP contribution is 2.38. The summed E-state index contributed by atoms with van der Waals surface area (Å²) in [4.78, 5) is 25.0. The summed E-state index contributed by atoms with van der Waals surface area (Å²) in [5.41, 5.74) is 2.53. The fraction of sp³-hybridized carbons (Fsp3) is 0.409. The molecule has 10 nitrogen and oxygen atoms in total. The molecule has 2 N–H and O–H groups in total. The number of nitrogens with zero attached hydrogens (tertiary/aromatic N) is 2. The Morgan fingerprint density at radius 1 is 1.12 bits per heavy atom. The molecule has 0 saturated heterocycles. The molecule has 1 aliphatic rings. The molecule has 2 amide bonds. The Hall–Kier alpha value is -3.18. The van der Waals surface area contributed by atoms with Crippen LogP contribution in [0.3, 0.4) is 0 Å². The van der Waals surface area contributed by atoms with Gasteiger partial charge in [-0.15, -0.1) is 0 Å². The number of amides is 2. The number of ether oxygens (including phenoxy) is 4. The number of carbonyl (C=O) groups excluding carboxylic acids is 2. The lowest BCUT2D eigenvalue weighted by molar-refractivity contribution is -0.122. The molecule has 178 valence electrons. The van der Waals surface area contributed by atoms with Gasteiger partial charge in [0.15, 0.2) is 11.5 Å². The maximum atomic E-state index is 12.7. The van der Waals surface area contributed by atoms with Crippen LogP contribution in [0.25, 0.3) is 6.08 Å². The lowest BCUT2D eigenvalue weighted by Gasteiger charge is -2.13. The Morgan fingerprint density at radius 2 is 1.85 bits per heavy atom. The first-order chi connectivity index (χ1) is 16.0. The second-order valence-corrected chi connectivity index (χ2v) is 8.03. The van der Waals surface area contributed by atoms with Gasteiger partial charge in [-0.25, -0.2) is 4.68 Å². The van der Waals surface area contributed by atoms with E-state index in [1.165, 1.54) is 32.1 Å². The number of rotatable bonds is 11. The Balaban J connectivity index is 1.75. The SMILES string of the molecule is COCCNC(=O)Cn1nc2c(c1NC(=O)/C=C\c1cc(OC)c(OC)c(OC)c1)CSC2. The molecule has 0 saturated carbocycles. The summed E-state index contributed by atoms with van der Waals surface area (Å²) in [5, 5.41) is 10.2. The van der Waals surface area contributed by atoms with Crippen LogP contribution in [0.5, 0.6) is 17.2 Å². The lowest BCUT2D eigenvalue weighted by atomic mass is 10.1. The van der Waals surface area contributed by atoms with E-state index in [1.807, 2.05) is 0 Å². The van der Waals surface area contributed by atoms with Crippen LogP contribution in [-0.2, 0) is 32.4 Å². The molecule has 33 heavy (non-hydrogen) atoms. The molecule has 3 rings (SSSR count). The molecule has 1 aromatic heterocycles. The number of carbonyl (C=O) groups is 2. The quantitative estimate of drug-likeness (QED) is 0.374. The zero-order valence-electron chi connectivity index (χ0n) is 19.1. The van der Waals surface area contributed by atoms with Crippen LogP contribution in [-0.4, -0.2) is 63.2 Å². The van der Waals surface area contributed by atoms with Crippen molar-refractivity contribution in [3.63, 3.8) is 0 Å². The van der Waals surface area contributed by atoms with E-state index in [1.54, 1.807) is 37.1 Å². The van der Waals surface area contributed by atoms with Crippen LogP contribution in [0.15, 0.2) is 18.2 Å².